The number of hydrogen-bond donors (Lipinski definition) is 2. The van der Waals surface area contributed by atoms with Crippen LogP contribution >= 0.6 is 35.8 Å². The van der Waals surface area contributed by atoms with E-state index >= 15 is 0 Å². The highest BCUT2D eigenvalue weighted by atomic mass is 35.5. The van der Waals surface area contributed by atoms with Gasteiger partial charge in [0.1, 0.15) is 11.9 Å². The summed E-state index contributed by atoms with van der Waals surface area (Å²) in [6, 6.07) is 3.18. The van der Waals surface area contributed by atoms with Gasteiger partial charge in [0.05, 0.1) is 12.7 Å². The van der Waals surface area contributed by atoms with E-state index in [-0.39, 0.29) is 11.1 Å². The van der Waals surface area contributed by atoms with Gasteiger partial charge in [0.2, 0.25) is 0 Å². The van der Waals surface area contributed by atoms with Gasteiger partial charge in [0, 0.05) is 54.0 Å². The molecule has 1 saturated heterocycles. The normalized spacial score (nSPS) is 20.3. The zero-order chi connectivity index (χ0) is 21.8. The average molecular weight is 471 g/mol. The van der Waals surface area contributed by atoms with Crippen molar-refractivity contribution in [1.82, 2.24) is 9.88 Å². The van der Waals surface area contributed by atoms with Crippen molar-refractivity contribution < 1.29 is 18.1 Å². The Kier molecular flexibility index (Phi) is 7.48. The second kappa shape index (κ2) is 9.88. The largest absolute Gasteiger partial charge is 0.466 e. The number of esters is 1. The second-order valence-corrected chi connectivity index (χ2v) is 8.13. The maximum Gasteiger partial charge on any atom is 0.338 e. The third-order valence-corrected chi connectivity index (χ3v) is 5.67. The molecular weight excluding hydrogens is 451 g/mol. The first kappa shape index (κ1) is 22.7. The molecule has 2 aliphatic heterocycles. The lowest BCUT2D eigenvalue weighted by Gasteiger charge is -2.31. The number of nitrogens with zero attached hydrogens (tertiary/aromatic N) is 3. The Balaban J connectivity index is 0.000000806. The van der Waals surface area contributed by atoms with E-state index in [1.807, 2.05) is 10.3 Å². The Bertz CT molecular complexity index is 984. The number of carbonyl (C=O) groups is 1. The molecule has 0 amide bonds. The van der Waals surface area contributed by atoms with E-state index in [1.165, 1.54) is 37.7 Å². The molecule has 0 aliphatic carbocycles. The molecular formula is C19H20ClFN4O3S2. The van der Waals surface area contributed by atoms with Crippen LogP contribution in [-0.2, 0) is 13.7 Å². The van der Waals surface area contributed by atoms with E-state index in [9.17, 15) is 9.18 Å². The molecule has 11 heteroatoms. The monoisotopic (exact) mass is 470 g/mol. The lowest BCUT2D eigenvalue weighted by molar-refractivity contribution is -0.136. The van der Waals surface area contributed by atoms with Crippen molar-refractivity contribution in [3.8, 4) is 0 Å². The number of thiazole rings is 1. The number of nitrogens with two attached hydrogens (primary N) is 1. The van der Waals surface area contributed by atoms with Gasteiger partial charge in [0.25, 0.3) is 0 Å². The molecule has 160 valence electrons. The van der Waals surface area contributed by atoms with Gasteiger partial charge in [-0.1, -0.05) is 17.7 Å². The quantitative estimate of drug-likeness (QED) is 0.406. The van der Waals surface area contributed by atoms with Crippen molar-refractivity contribution in [2.75, 3.05) is 20.8 Å². The molecule has 0 saturated carbocycles. The van der Waals surface area contributed by atoms with Crippen molar-refractivity contribution in [1.29, 1.82) is 0 Å². The Morgan fingerprint density at radius 3 is 2.77 bits per heavy atom. The maximum atomic E-state index is 13.5. The molecule has 2 atom stereocenters. The SMILES string of the molecule is COC(=O)C1=C2C[C@H](N)CN2C(c2nccs2)=N[C@H]1c1ccc(F)cc1Cl.COS. The van der Waals surface area contributed by atoms with Crippen LogP contribution in [0.5, 0.6) is 0 Å². The molecule has 1 fully saturated rings. The molecule has 0 spiro atoms. The molecule has 2 N–H and O–H groups in total. The zero-order valence-electron chi connectivity index (χ0n) is 16.2. The number of amidine groups is 1. The number of methoxy groups -OCH3 is 1. The topological polar surface area (TPSA) is 90.0 Å². The standard InChI is InChI=1S/C18H16ClFN4O2S.CH4OS/c1-26-18(25)14-13-7-10(21)8-24(13)16(17-22-4-5-27-17)23-15(14)11-3-2-9(20)6-12(11)19;1-2-3/h2-6,10,15H,7-8,21H2,1H3;3H,1H3/t10-,15-;/m0./s1. The van der Waals surface area contributed by atoms with Crippen molar-refractivity contribution in [2.24, 2.45) is 10.7 Å². The summed E-state index contributed by atoms with van der Waals surface area (Å²) < 4.78 is 22.5. The molecule has 0 unspecified atom stereocenters. The molecule has 7 nitrogen and oxygen atoms in total. The lowest BCUT2D eigenvalue weighted by Crippen LogP contribution is -2.36. The van der Waals surface area contributed by atoms with Crippen LogP contribution in [0.1, 0.15) is 23.0 Å². The Morgan fingerprint density at radius 2 is 2.17 bits per heavy atom. The summed E-state index contributed by atoms with van der Waals surface area (Å²) in [5, 5.41) is 2.76. The fourth-order valence-corrected chi connectivity index (χ4v) is 4.36. The van der Waals surface area contributed by atoms with E-state index < -0.39 is 17.8 Å². The molecule has 1 aromatic carbocycles. The molecule has 0 radical (unpaired) electrons. The number of fused-ring (bicyclic) bond motifs is 1. The van der Waals surface area contributed by atoms with Gasteiger partial charge in [0.15, 0.2) is 10.8 Å². The highest BCUT2D eigenvalue weighted by Crippen LogP contribution is 2.42. The number of carbonyl (C=O) groups excluding carboxylic acids is 1. The fourth-order valence-electron chi connectivity index (χ4n) is 3.44. The highest BCUT2D eigenvalue weighted by molar-refractivity contribution is 7.75. The van der Waals surface area contributed by atoms with Gasteiger partial charge in [-0.3, -0.25) is 4.99 Å². The van der Waals surface area contributed by atoms with Gasteiger partial charge < -0.3 is 19.6 Å². The first-order valence-electron chi connectivity index (χ1n) is 8.85. The zero-order valence-corrected chi connectivity index (χ0v) is 18.7. The minimum absolute atomic E-state index is 0.146. The van der Waals surface area contributed by atoms with Crippen LogP contribution in [0.4, 0.5) is 4.39 Å². The van der Waals surface area contributed by atoms with E-state index in [1.54, 1.807) is 12.3 Å². The van der Waals surface area contributed by atoms with Crippen LogP contribution in [0.3, 0.4) is 0 Å². The summed E-state index contributed by atoms with van der Waals surface area (Å²) in [4.78, 5) is 23.7. The third-order valence-electron chi connectivity index (χ3n) is 4.58. The Morgan fingerprint density at radius 1 is 1.43 bits per heavy atom. The third kappa shape index (κ3) is 4.52. The summed E-state index contributed by atoms with van der Waals surface area (Å²) in [6.45, 7) is 0.526. The average Bonchev–Trinajstić information content (AvgIpc) is 3.36. The van der Waals surface area contributed by atoms with Crippen LogP contribution < -0.4 is 5.73 Å². The highest BCUT2D eigenvalue weighted by Gasteiger charge is 2.41. The summed E-state index contributed by atoms with van der Waals surface area (Å²) in [7, 11) is 2.81. The van der Waals surface area contributed by atoms with Crippen LogP contribution in [0, 0.1) is 5.82 Å². The number of thiol groups is 1. The van der Waals surface area contributed by atoms with Gasteiger partial charge >= 0.3 is 5.97 Å². The van der Waals surface area contributed by atoms with E-state index in [2.05, 4.69) is 22.1 Å². The molecule has 1 aromatic heterocycles. The number of ether oxygens (including phenoxy) is 1. The minimum atomic E-state index is -0.721. The van der Waals surface area contributed by atoms with E-state index in [0.29, 0.717) is 34.9 Å². The predicted molar refractivity (Wildman–Crippen MR) is 117 cm³/mol. The lowest BCUT2D eigenvalue weighted by atomic mass is 9.94. The van der Waals surface area contributed by atoms with Crippen LogP contribution in [0.25, 0.3) is 0 Å². The van der Waals surface area contributed by atoms with E-state index in [0.717, 1.165) is 5.70 Å². The first-order chi connectivity index (χ1) is 14.4. The summed E-state index contributed by atoms with van der Waals surface area (Å²) in [5.41, 5.74) is 7.82. The van der Waals surface area contributed by atoms with Crippen molar-refractivity contribution >= 4 is 47.7 Å². The number of halogens is 2. The summed E-state index contributed by atoms with van der Waals surface area (Å²) in [6.07, 6.45) is 2.20. The molecule has 3 heterocycles. The number of benzene rings is 1. The van der Waals surface area contributed by atoms with Crippen LogP contribution in [0.15, 0.2) is 46.0 Å². The number of rotatable bonds is 3. The van der Waals surface area contributed by atoms with E-state index in [4.69, 9.17) is 27.1 Å². The fraction of sp³-hybridized carbons (Fsp3) is 0.316. The molecule has 2 aliphatic rings. The predicted octanol–water partition coefficient (Wildman–Crippen LogP) is 3.37. The van der Waals surface area contributed by atoms with Gasteiger partial charge in [-0.2, -0.15) is 0 Å². The number of aromatic nitrogens is 1. The Labute approximate surface area is 188 Å². The van der Waals surface area contributed by atoms with Crippen molar-refractivity contribution in [2.45, 2.75) is 18.5 Å². The Hall–Kier alpha value is -1.98. The van der Waals surface area contributed by atoms with Crippen LogP contribution in [-0.4, -0.2) is 48.5 Å². The van der Waals surface area contributed by atoms with Crippen molar-refractivity contribution in [3.05, 3.63) is 62.5 Å². The maximum absolute atomic E-state index is 13.5. The minimum Gasteiger partial charge on any atom is -0.466 e. The number of hydrogen-bond acceptors (Lipinski definition) is 9. The number of aliphatic imine (C=N–C) groups is 1. The second-order valence-electron chi connectivity index (χ2n) is 6.47. The summed E-state index contributed by atoms with van der Waals surface area (Å²) >= 11 is 11.0. The van der Waals surface area contributed by atoms with Gasteiger partial charge in [-0.05, 0) is 25.0 Å². The molecule has 30 heavy (non-hydrogen) atoms. The molecule has 2 aromatic rings. The molecule has 4 rings (SSSR count). The molecule has 0 bridgehead atoms. The van der Waals surface area contributed by atoms with Crippen LogP contribution in [0.2, 0.25) is 5.02 Å². The summed E-state index contributed by atoms with van der Waals surface area (Å²) in [5.74, 6) is -0.331. The first-order valence-corrected chi connectivity index (χ1v) is 10.5. The van der Waals surface area contributed by atoms with Crippen molar-refractivity contribution in [3.63, 3.8) is 0 Å². The van der Waals surface area contributed by atoms with Gasteiger partial charge in [-0.15, -0.1) is 11.3 Å². The van der Waals surface area contributed by atoms with Gasteiger partial charge in [-0.25, -0.2) is 14.2 Å². The smallest absolute Gasteiger partial charge is 0.338 e.